The smallest absolute Gasteiger partial charge is 0.269 e. The number of nitrogens with one attached hydrogen (secondary N) is 1. The van der Waals surface area contributed by atoms with Gasteiger partial charge in [0.25, 0.3) is 5.69 Å². The Bertz CT molecular complexity index is 843. The summed E-state index contributed by atoms with van der Waals surface area (Å²) in [6, 6.07) is 12.7. The van der Waals surface area contributed by atoms with Gasteiger partial charge in [0.15, 0.2) is 0 Å². The zero-order valence-corrected chi connectivity index (χ0v) is 16.4. The summed E-state index contributed by atoms with van der Waals surface area (Å²) in [6.07, 6.45) is 0.880. The Labute approximate surface area is 165 Å². The number of anilines is 2. The number of nitro benzene ring substituents is 1. The molecule has 0 bridgehead atoms. The molecule has 1 saturated heterocycles. The summed E-state index contributed by atoms with van der Waals surface area (Å²) in [4.78, 5) is 27.2. The fourth-order valence-electron chi connectivity index (χ4n) is 3.53. The minimum Gasteiger partial charge on any atom is -0.369 e. The number of hydrogen-bond acceptors (Lipinski definition) is 5. The molecule has 3 rings (SSSR count). The molecule has 7 heteroatoms. The Kier molecular flexibility index (Phi) is 6.26. The lowest BCUT2D eigenvalue weighted by atomic mass is 10.1. The summed E-state index contributed by atoms with van der Waals surface area (Å²) in [7, 11) is 0. The van der Waals surface area contributed by atoms with Gasteiger partial charge in [-0.15, -0.1) is 0 Å². The van der Waals surface area contributed by atoms with Crippen LogP contribution in [0.5, 0.6) is 0 Å². The SMILES string of the molecule is CCc1cccc(C)c1NC(=O)CN1CCN(c2ccc([N+](=O)[O-])cc2)CC1. The lowest BCUT2D eigenvalue weighted by molar-refractivity contribution is -0.384. The van der Waals surface area contributed by atoms with Crippen LogP contribution >= 0.6 is 0 Å². The Hall–Kier alpha value is -2.93. The maximum Gasteiger partial charge on any atom is 0.269 e. The highest BCUT2D eigenvalue weighted by Crippen LogP contribution is 2.22. The highest BCUT2D eigenvalue weighted by atomic mass is 16.6. The van der Waals surface area contributed by atoms with E-state index >= 15 is 0 Å². The molecule has 28 heavy (non-hydrogen) atoms. The maximum absolute atomic E-state index is 12.5. The number of amides is 1. The number of piperazine rings is 1. The quantitative estimate of drug-likeness (QED) is 0.613. The van der Waals surface area contributed by atoms with E-state index in [4.69, 9.17) is 0 Å². The molecule has 0 spiro atoms. The third-order valence-electron chi connectivity index (χ3n) is 5.17. The second-order valence-electron chi connectivity index (χ2n) is 7.05. The Morgan fingerprint density at radius 2 is 1.79 bits per heavy atom. The van der Waals surface area contributed by atoms with Crippen LogP contribution in [0.15, 0.2) is 42.5 Å². The van der Waals surface area contributed by atoms with E-state index in [2.05, 4.69) is 22.0 Å². The molecule has 0 unspecified atom stereocenters. The minimum atomic E-state index is -0.390. The van der Waals surface area contributed by atoms with Gasteiger partial charge in [-0.2, -0.15) is 0 Å². The first kappa shape index (κ1) is 19.8. The van der Waals surface area contributed by atoms with Crippen LogP contribution in [0.4, 0.5) is 17.1 Å². The molecule has 0 aliphatic carbocycles. The average Bonchev–Trinajstić information content (AvgIpc) is 2.70. The van der Waals surface area contributed by atoms with Crippen LogP contribution in [-0.2, 0) is 11.2 Å². The zero-order chi connectivity index (χ0) is 20.1. The predicted octanol–water partition coefficient (Wildman–Crippen LogP) is 3.23. The molecule has 1 aliphatic heterocycles. The van der Waals surface area contributed by atoms with Crippen LogP contribution in [0.1, 0.15) is 18.1 Å². The van der Waals surface area contributed by atoms with Crippen molar-refractivity contribution in [2.24, 2.45) is 0 Å². The molecule has 0 radical (unpaired) electrons. The second kappa shape index (κ2) is 8.84. The summed E-state index contributed by atoms with van der Waals surface area (Å²) in [5.74, 6) is 0.00721. The van der Waals surface area contributed by atoms with Gasteiger partial charge in [-0.05, 0) is 36.6 Å². The molecular weight excluding hydrogens is 356 g/mol. The topological polar surface area (TPSA) is 78.7 Å². The molecule has 0 aromatic heterocycles. The van der Waals surface area contributed by atoms with E-state index in [1.807, 2.05) is 25.1 Å². The number of benzene rings is 2. The number of rotatable bonds is 6. The van der Waals surface area contributed by atoms with E-state index < -0.39 is 4.92 Å². The molecule has 0 atom stereocenters. The van der Waals surface area contributed by atoms with E-state index in [0.717, 1.165) is 55.1 Å². The van der Waals surface area contributed by atoms with E-state index in [1.54, 1.807) is 12.1 Å². The van der Waals surface area contributed by atoms with Crippen LogP contribution in [0, 0.1) is 17.0 Å². The first-order valence-electron chi connectivity index (χ1n) is 9.58. The number of nitrogens with zero attached hydrogens (tertiary/aromatic N) is 3. The number of aryl methyl sites for hydroxylation is 2. The van der Waals surface area contributed by atoms with Crippen molar-refractivity contribution < 1.29 is 9.72 Å². The first-order chi connectivity index (χ1) is 13.5. The van der Waals surface area contributed by atoms with Crippen LogP contribution in [0.2, 0.25) is 0 Å². The fourth-order valence-corrected chi connectivity index (χ4v) is 3.53. The maximum atomic E-state index is 12.5. The van der Waals surface area contributed by atoms with Crippen molar-refractivity contribution in [3.63, 3.8) is 0 Å². The van der Waals surface area contributed by atoms with Gasteiger partial charge in [0.05, 0.1) is 11.5 Å². The van der Waals surface area contributed by atoms with Crippen molar-refractivity contribution >= 4 is 23.0 Å². The third-order valence-corrected chi connectivity index (χ3v) is 5.17. The summed E-state index contributed by atoms with van der Waals surface area (Å²) >= 11 is 0. The lowest BCUT2D eigenvalue weighted by Gasteiger charge is -2.35. The van der Waals surface area contributed by atoms with Gasteiger partial charge in [0.1, 0.15) is 0 Å². The number of non-ortho nitro benzene ring substituents is 1. The first-order valence-corrected chi connectivity index (χ1v) is 9.58. The van der Waals surface area contributed by atoms with Crippen molar-refractivity contribution in [1.82, 2.24) is 4.90 Å². The highest BCUT2D eigenvalue weighted by Gasteiger charge is 2.20. The van der Waals surface area contributed by atoms with Gasteiger partial charge in [-0.25, -0.2) is 0 Å². The molecule has 1 amide bonds. The Morgan fingerprint density at radius 1 is 1.11 bits per heavy atom. The number of para-hydroxylation sites is 1. The fraction of sp³-hybridized carbons (Fsp3) is 0.381. The van der Waals surface area contributed by atoms with Gasteiger partial charge in [0.2, 0.25) is 5.91 Å². The van der Waals surface area contributed by atoms with Gasteiger partial charge in [-0.1, -0.05) is 25.1 Å². The van der Waals surface area contributed by atoms with E-state index in [0.29, 0.717) is 6.54 Å². The number of nitro groups is 1. The van der Waals surface area contributed by atoms with Crippen LogP contribution in [0.3, 0.4) is 0 Å². The third kappa shape index (κ3) is 4.67. The lowest BCUT2D eigenvalue weighted by Crippen LogP contribution is -2.48. The normalized spacial score (nSPS) is 14.7. The Balaban J connectivity index is 1.53. The molecule has 1 N–H and O–H groups in total. The molecule has 7 nitrogen and oxygen atoms in total. The van der Waals surface area contributed by atoms with Crippen molar-refractivity contribution in [3.8, 4) is 0 Å². The summed E-state index contributed by atoms with van der Waals surface area (Å²) < 4.78 is 0. The van der Waals surface area contributed by atoms with Gasteiger partial charge >= 0.3 is 0 Å². The highest BCUT2D eigenvalue weighted by molar-refractivity contribution is 5.93. The van der Waals surface area contributed by atoms with Gasteiger partial charge in [0, 0.05) is 49.7 Å². The van der Waals surface area contributed by atoms with Crippen molar-refractivity contribution in [1.29, 1.82) is 0 Å². The van der Waals surface area contributed by atoms with Crippen molar-refractivity contribution in [2.45, 2.75) is 20.3 Å². The number of carbonyl (C=O) groups is 1. The molecule has 1 fully saturated rings. The van der Waals surface area contributed by atoms with Crippen LogP contribution in [-0.4, -0.2) is 48.5 Å². The van der Waals surface area contributed by atoms with E-state index in [-0.39, 0.29) is 11.6 Å². The van der Waals surface area contributed by atoms with Crippen LogP contribution in [0.25, 0.3) is 0 Å². The van der Waals surface area contributed by atoms with E-state index in [1.165, 1.54) is 12.1 Å². The number of hydrogen-bond donors (Lipinski definition) is 1. The predicted molar refractivity (Wildman–Crippen MR) is 111 cm³/mol. The van der Waals surface area contributed by atoms with Gasteiger partial charge < -0.3 is 10.2 Å². The molecular formula is C21H26N4O3. The summed E-state index contributed by atoms with van der Waals surface area (Å²) in [5.41, 5.74) is 4.23. The molecule has 0 saturated carbocycles. The second-order valence-corrected chi connectivity index (χ2v) is 7.05. The standard InChI is InChI=1S/C21H26N4O3/c1-3-17-6-4-5-16(2)21(17)22-20(26)15-23-11-13-24(14-12-23)18-7-9-19(10-8-18)25(27)28/h4-10H,3,11-15H2,1-2H3,(H,22,26). The summed E-state index contributed by atoms with van der Waals surface area (Å²) in [5, 5.41) is 13.9. The Morgan fingerprint density at radius 3 is 2.39 bits per heavy atom. The van der Waals surface area contributed by atoms with Crippen molar-refractivity contribution in [3.05, 3.63) is 63.7 Å². The number of carbonyl (C=O) groups excluding carboxylic acids is 1. The molecule has 2 aromatic carbocycles. The molecule has 2 aromatic rings. The van der Waals surface area contributed by atoms with E-state index in [9.17, 15) is 14.9 Å². The van der Waals surface area contributed by atoms with Crippen LogP contribution < -0.4 is 10.2 Å². The molecule has 148 valence electrons. The largest absolute Gasteiger partial charge is 0.369 e. The van der Waals surface area contributed by atoms with Crippen molar-refractivity contribution in [2.75, 3.05) is 42.9 Å². The molecule has 1 heterocycles. The monoisotopic (exact) mass is 382 g/mol. The zero-order valence-electron chi connectivity index (χ0n) is 16.4. The summed E-state index contributed by atoms with van der Waals surface area (Å²) in [6.45, 7) is 7.59. The average molecular weight is 382 g/mol. The minimum absolute atomic E-state index is 0.00721. The van der Waals surface area contributed by atoms with Gasteiger partial charge in [-0.3, -0.25) is 19.8 Å². The molecule has 1 aliphatic rings.